The molecular formula is C22H18O5. The Morgan fingerprint density at radius 3 is 2.15 bits per heavy atom. The molecule has 0 saturated heterocycles. The van der Waals surface area contributed by atoms with Gasteiger partial charge in [-0.1, -0.05) is 48.5 Å². The van der Waals surface area contributed by atoms with E-state index < -0.39 is 17.9 Å². The average molecular weight is 362 g/mol. The van der Waals surface area contributed by atoms with Crippen LogP contribution in [-0.2, 0) is 20.7 Å². The molecule has 3 aromatic rings. The molecule has 1 aliphatic carbocycles. The molecule has 27 heavy (non-hydrogen) atoms. The van der Waals surface area contributed by atoms with Crippen LogP contribution in [0.2, 0.25) is 0 Å². The van der Waals surface area contributed by atoms with Crippen molar-refractivity contribution < 1.29 is 23.8 Å². The summed E-state index contributed by atoms with van der Waals surface area (Å²) in [5.41, 5.74) is 4.42. The molecule has 4 rings (SSSR count). The van der Waals surface area contributed by atoms with Gasteiger partial charge in [0.05, 0.1) is 6.26 Å². The normalized spacial score (nSPS) is 13.6. The minimum atomic E-state index is -1.29. The predicted octanol–water partition coefficient (Wildman–Crippen LogP) is 3.88. The summed E-state index contributed by atoms with van der Waals surface area (Å²) < 4.78 is 10.6. The van der Waals surface area contributed by atoms with Crippen LogP contribution < -0.4 is 0 Å². The molecule has 0 unspecified atom stereocenters. The van der Waals surface area contributed by atoms with Crippen LogP contribution in [-0.4, -0.2) is 23.7 Å². The van der Waals surface area contributed by atoms with E-state index in [1.165, 1.54) is 6.26 Å². The van der Waals surface area contributed by atoms with E-state index in [2.05, 4.69) is 0 Å². The van der Waals surface area contributed by atoms with E-state index in [0.717, 1.165) is 22.3 Å². The number of esters is 1. The third-order valence-electron chi connectivity index (χ3n) is 4.92. The lowest BCUT2D eigenvalue weighted by Gasteiger charge is -2.16. The van der Waals surface area contributed by atoms with Crippen molar-refractivity contribution in [2.75, 3.05) is 6.61 Å². The van der Waals surface area contributed by atoms with Crippen LogP contribution in [0.25, 0.3) is 11.1 Å². The maximum absolute atomic E-state index is 12.4. The van der Waals surface area contributed by atoms with Gasteiger partial charge in [0, 0.05) is 12.3 Å². The number of aliphatic carboxylic acids is 1. The topological polar surface area (TPSA) is 76.7 Å². The molecular weight excluding hydrogens is 344 g/mol. The molecule has 1 atom stereocenters. The van der Waals surface area contributed by atoms with Gasteiger partial charge in [-0.2, -0.15) is 0 Å². The average Bonchev–Trinajstić information content (AvgIpc) is 3.30. The van der Waals surface area contributed by atoms with Crippen molar-refractivity contribution in [2.45, 2.75) is 12.3 Å². The fourth-order valence-corrected chi connectivity index (χ4v) is 3.61. The highest BCUT2D eigenvalue weighted by Gasteiger charge is 2.33. The van der Waals surface area contributed by atoms with Crippen LogP contribution in [0.1, 0.15) is 22.8 Å². The lowest BCUT2D eigenvalue weighted by molar-refractivity contribution is -0.158. The zero-order valence-electron chi connectivity index (χ0n) is 14.5. The van der Waals surface area contributed by atoms with Crippen LogP contribution >= 0.6 is 0 Å². The molecule has 0 bridgehead atoms. The predicted molar refractivity (Wildman–Crippen MR) is 98.2 cm³/mol. The van der Waals surface area contributed by atoms with Gasteiger partial charge in [0.1, 0.15) is 12.4 Å². The van der Waals surface area contributed by atoms with Gasteiger partial charge in [-0.25, -0.2) is 0 Å². The number of ether oxygens (including phenoxy) is 1. The Labute approximate surface area is 156 Å². The molecule has 0 fully saturated rings. The maximum atomic E-state index is 12.4. The largest absolute Gasteiger partial charge is 0.481 e. The fourth-order valence-electron chi connectivity index (χ4n) is 3.61. The Balaban J connectivity index is 1.52. The summed E-state index contributed by atoms with van der Waals surface area (Å²) in [6, 6.07) is 19.3. The molecule has 5 heteroatoms. The van der Waals surface area contributed by atoms with Crippen LogP contribution in [0, 0.1) is 5.92 Å². The lowest BCUT2D eigenvalue weighted by Crippen LogP contribution is -2.29. The summed E-state index contributed by atoms with van der Waals surface area (Å²) in [4.78, 5) is 24.0. The first-order valence-electron chi connectivity index (χ1n) is 8.75. The highest BCUT2D eigenvalue weighted by Crippen LogP contribution is 2.44. The van der Waals surface area contributed by atoms with Crippen molar-refractivity contribution in [3.8, 4) is 11.1 Å². The van der Waals surface area contributed by atoms with E-state index in [4.69, 9.17) is 9.15 Å². The van der Waals surface area contributed by atoms with Crippen molar-refractivity contribution in [3.63, 3.8) is 0 Å². The number of carbonyl (C=O) groups is 2. The van der Waals surface area contributed by atoms with E-state index >= 15 is 0 Å². The highest BCUT2D eigenvalue weighted by molar-refractivity contribution is 5.94. The first-order chi connectivity index (χ1) is 13.1. The smallest absolute Gasteiger partial charge is 0.320 e. The van der Waals surface area contributed by atoms with Crippen LogP contribution in [0.3, 0.4) is 0 Å². The second kappa shape index (κ2) is 7.11. The summed E-state index contributed by atoms with van der Waals surface area (Å²) in [7, 11) is 0. The molecule has 0 radical (unpaired) electrons. The number of hydrogen-bond acceptors (Lipinski definition) is 4. The van der Waals surface area contributed by atoms with Crippen molar-refractivity contribution in [3.05, 3.63) is 83.8 Å². The molecule has 0 aliphatic heterocycles. The monoisotopic (exact) mass is 362 g/mol. The quantitative estimate of drug-likeness (QED) is 0.532. The standard InChI is InChI=1S/C22H18O5/c23-21(24)19(12-14-6-5-11-26-14)22(25)27-13-20-17-9-3-1-7-15(17)16-8-2-4-10-18(16)20/h1-11,19-20H,12-13H2,(H,23,24)/t19-/m0/s1. The third-order valence-corrected chi connectivity index (χ3v) is 4.92. The molecule has 5 nitrogen and oxygen atoms in total. The SMILES string of the molecule is O=C(O)[C@H](Cc1ccco1)C(=O)OCC1c2ccccc2-c2ccccc21. The first-order valence-corrected chi connectivity index (χ1v) is 8.75. The van der Waals surface area contributed by atoms with E-state index in [1.54, 1.807) is 12.1 Å². The van der Waals surface area contributed by atoms with Gasteiger partial charge in [-0.3, -0.25) is 9.59 Å². The molecule has 1 aliphatic rings. The molecule has 0 saturated carbocycles. The van der Waals surface area contributed by atoms with Crippen LogP contribution in [0.5, 0.6) is 0 Å². The molecule has 2 aromatic carbocycles. The molecule has 1 heterocycles. The number of furan rings is 1. The number of hydrogen-bond donors (Lipinski definition) is 1. The van der Waals surface area contributed by atoms with E-state index in [9.17, 15) is 14.7 Å². The van der Waals surface area contributed by atoms with Crippen molar-refractivity contribution in [2.24, 2.45) is 5.92 Å². The molecule has 1 N–H and O–H groups in total. The number of benzene rings is 2. The molecule has 0 amide bonds. The number of carboxylic acids is 1. The summed E-state index contributed by atoms with van der Waals surface area (Å²) in [5, 5.41) is 9.41. The van der Waals surface area contributed by atoms with Crippen molar-refractivity contribution >= 4 is 11.9 Å². The zero-order valence-corrected chi connectivity index (χ0v) is 14.5. The van der Waals surface area contributed by atoms with Gasteiger partial charge in [0.15, 0.2) is 5.92 Å². The van der Waals surface area contributed by atoms with Gasteiger partial charge >= 0.3 is 11.9 Å². The minimum absolute atomic E-state index is 0.0288. The second-order valence-corrected chi connectivity index (χ2v) is 6.53. The van der Waals surface area contributed by atoms with Gasteiger partial charge in [0.2, 0.25) is 0 Å². The van der Waals surface area contributed by atoms with Crippen molar-refractivity contribution in [1.82, 2.24) is 0 Å². The third kappa shape index (κ3) is 3.24. The number of rotatable bonds is 6. The summed E-state index contributed by atoms with van der Waals surface area (Å²) >= 11 is 0. The van der Waals surface area contributed by atoms with Crippen LogP contribution in [0.15, 0.2) is 71.3 Å². The van der Waals surface area contributed by atoms with E-state index in [-0.39, 0.29) is 18.9 Å². The Morgan fingerprint density at radius 2 is 1.59 bits per heavy atom. The van der Waals surface area contributed by atoms with E-state index in [1.807, 2.05) is 48.5 Å². The van der Waals surface area contributed by atoms with Gasteiger partial charge < -0.3 is 14.3 Å². The molecule has 136 valence electrons. The number of carboxylic acid groups (broad SMARTS) is 1. The number of carbonyl (C=O) groups excluding carboxylic acids is 1. The zero-order chi connectivity index (χ0) is 18.8. The molecule has 1 aromatic heterocycles. The second-order valence-electron chi connectivity index (χ2n) is 6.53. The van der Waals surface area contributed by atoms with Crippen LogP contribution in [0.4, 0.5) is 0 Å². The van der Waals surface area contributed by atoms with Crippen molar-refractivity contribution in [1.29, 1.82) is 0 Å². The first kappa shape index (κ1) is 17.1. The summed E-state index contributed by atoms with van der Waals surface area (Å²) in [5.74, 6) is -2.91. The van der Waals surface area contributed by atoms with Gasteiger partial charge in [0.25, 0.3) is 0 Å². The lowest BCUT2D eigenvalue weighted by atomic mass is 9.98. The van der Waals surface area contributed by atoms with Gasteiger partial charge in [-0.15, -0.1) is 0 Å². The minimum Gasteiger partial charge on any atom is -0.481 e. The molecule has 0 spiro atoms. The number of fused-ring (bicyclic) bond motifs is 3. The van der Waals surface area contributed by atoms with E-state index in [0.29, 0.717) is 5.76 Å². The Bertz CT molecular complexity index is 928. The summed E-state index contributed by atoms with van der Waals surface area (Å²) in [6.07, 6.45) is 1.42. The van der Waals surface area contributed by atoms with Gasteiger partial charge in [-0.05, 0) is 34.4 Å². The maximum Gasteiger partial charge on any atom is 0.320 e. The highest BCUT2D eigenvalue weighted by atomic mass is 16.5. The fraction of sp³-hybridized carbons (Fsp3) is 0.182. The Morgan fingerprint density at radius 1 is 0.963 bits per heavy atom. The Kier molecular flexibility index (Phi) is 4.50. The Hall–Kier alpha value is -3.34. The summed E-state index contributed by atoms with van der Waals surface area (Å²) in [6.45, 7) is 0.106.